The highest BCUT2D eigenvalue weighted by Gasteiger charge is 2.18. The Labute approximate surface area is 116 Å². The van der Waals surface area contributed by atoms with E-state index in [2.05, 4.69) is 20.8 Å². The Hall–Kier alpha value is 0.230. The van der Waals surface area contributed by atoms with Crippen molar-refractivity contribution in [3.63, 3.8) is 0 Å². The minimum atomic E-state index is -1.91. The van der Waals surface area contributed by atoms with Gasteiger partial charge < -0.3 is 4.57 Å². The molecule has 1 nitrogen and oxygen atoms in total. The summed E-state index contributed by atoms with van der Waals surface area (Å²) in [5.74, 6) is 0. The van der Waals surface area contributed by atoms with Crippen LogP contribution < -0.4 is 0 Å². The molecule has 0 bridgehead atoms. The topological polar surface area (TPSA) is 17.1 Å². The average Bonchev–Trinajstić information content (AvgIpc) is 2.38. The molecule has 0 aromatic carbocycles. The van der Waals surface area contributed by atoms with Crippen LogP contribution in [0.1, 0.15) is 78.1 Å². The van der Waals surface area contributed by atoms with E-state index in [0.717, 1.165) is 25.2 Å². The van der Waals surface area contributed by atoms with Crippen molar-refractivity contribution in [1.82, 2.24) is 0 Å². The highest BCUT2D eigenvalue weighted by Crippen LogP contribution is 2.46. The summed E-state index contributed by atoms with van der Waals surface area (Å²) in [7, 11) is -1.91. The van der Waals surface area contributed by atoms with Gasteiger partial charge >= 0.3 is 0 Å². The highest BCUT2D eigenvalue weighted by atomic mass is 31.2. The minimum absolute atomic E-state index is 0.675. The van der Waals surface area contributed by atoms with E-state index in [9.17, 15) is 4.57 Å². The molecule has 0 fully saturated rings. The number of rotatable bonds is 13. The van der Waals surface area contributed by atoms with Crippen LogP contribution in [0.5, 0.6) is 0 Å². The first kappa shape index (κ1) is 18.2. The van der Waals surface area contributed by atoms with E-state index in [1.165, 1.54) is 51.4 Å². The van der Waals surface area contributed by atoms with Gasteiger partial charge in [-0.15, -0.1) is 0 Å². The first-order valence-electron chi connectivity index (χ1n) is 8.05. The quantitative estimate of drug-likeness (QED) is 0.291. The predicted octanol–water partition coefficient (Wildman–Crippen LogP) is 6.12. The fraction of sp³-hybridized carbons (Fsp3) is 0.938. The molecular formula is C16H34OP. The summed E-state index contributed by atoms with van der Waals surface area (Å²) in [5.41, 5.74) is 0. The van der Waals surface area contributed by atoms with Gasteiger partial charge in [0.2, 0.25) is 0 Å². The molecule has 18 heavy (non-hydrogen) atoms. The molecule has 0 saturated heterocycles. The SMILES string of the molecule is [CH2]CP(=O)(CCCCCCC)CCCCCCC. The van der Waals surface area contributed by atoms with Gasteiger partial charge in [-0.2, -0.15) is 0 Å². The number of hydrogen-bond acceptors (Lipinski definition) is 1. The van der Waals surface area contributed by atoms with Crippen LogP contribution in [0.2, 0.25) is 0 Å². The maximum Gasteiger partial charge on any atom is 0.0877 e. The molecule has 0 aliphatic carbocycles. The van der Waals surface area contributed by atoms with Crippen LogP contribution in [-0.4, -0.2) is 18.5 Å². The maximum absolute atomic E-state index is 12.6. The fourth-order valence-electron chi connectivity index (χ4n) is 2.34. The highest BCUT2D eigenvalue weighted by molar-refractivity contribution is 7.64. The summed E-state index contributed by atoms with van der Waals surface area (Å²) >= 11 is 0. The van der Waals surface area contributed by atoms with Gasteiger partial charge in [0.25, 0.3) is 0 Å². The Morgan fingerprint density at radius 2 is 1.11 bits per heavy atom. The van der Waals surface area contributed by atoms with Gasteiger partial charge in [-0.25, -0.2) is 0 Å². The van der Waals surface area contributed by atoms with Crippen molar-refractivity contribution in [2.45, 2.75) is 78.1 Å². The van der Waals surface area contributed by atoms with Crippen LogP contribution in [0.4, 0.5) is 0 Å². The van der Waals surface area contributed by atoms with Crippen molar-refractivity contribution in [2.24, 2.45) is 0 Å². The van der Waals surface area contributed by atoms with Crippen molar-refractivity contribution in [2.75, 3.05) is 18.5 Å². The smallest absolute Gasteiger partial charge is 0.0877 e. The molecule has 1 radical (unpaired) electrons. The van der Waals surface area contributed by atoms with Gasteiger partial charge in [-0.3, -0.25) is 0 Å². The summed E-state index contributed by atoms with van der Waals surface area (Å²) in [4.78, 5) is 0. The Bertz CT molecular complexity index is 195. The monoisotopic (exact) mass is 273 g/mol. The molecule has 0 amide bonds. The maximum atomic E-state index is 12.6. The van der Waals surface area contributed by atoms with Crippen molar-refractivity contribution in [3.05, 3.63) is 6.92 Å². The summed E-state index contributed by atoms with van der Waals surface area (Å²) in [5, 5.41) is 0. The van der Waals surface area contributed by atoms with Gasteiger partial charge in [-0.05, 0) is 19.8 Å². The molecule has 2 heteroatoms. The van der Waals surface area contributed by atoms with Crippen molar-refractivity contribution in [1.29, 1.82) is 0 Å². The molecule has 0 rings (SSSR count). The van der Waals surface area contributed by atoms with Crippen LogP contribution in [0.3, 0.4) is 0 Å². The van der Waals surface area contributed by atoms with E-state index >= 15 is 0 Å². The molecule has 0 aromatic heterocycles. The Morgan fingerprint density at radius 3 is 1.44 bits per heavy atom. The van der Waals surface area contributed by atoms with E-state index < -0.39 is 7.14 Å². The first-order valence-corrected chi connectivity index (χ1v) is 10.3. The van der Waals surface area contributed by atoms with Crippen LogP contribution in [0, 0.1) is 6.92 Å². The van der Waals surface area contributed by atoms with Crippen LogP contribution >= 0.6 is 7.14 Å². The lowest BCUT2D eigenvalue weighted by molar-refractivity contribution is 0.565. The van der Waals surface area contributed by atoms with Crippen molar-refractivity contribution >= 4 is 7.14 Å². The molecule has 0 spiro atoms. The zero-order valence-corrected chi connectivity index (χ0v) is 13.6. The molecule has 0 aromatic rings. The minimum Gasteiger partial charge on any atom is -0.324 e. The number of unbranched alkanes of at least 4 members (excludes halogenated alkanes) is 8. The van der Waals surface area contributed by atoms with Crippen LogP contribution in [-0.2, 0) is 4.57 Å². The third-order valence-electron chi connectivity index (χ3n) is 3.75. The molecule has 0 aliphatic rings. The predicted molar refractivity (Wildman–Crippen MR) is 85.1 cm³/mol. The van der Waals surface area contributed by atoms with Crippen LogP contribution in [0.15, 0.2) is 0 Å². The Kier molecular flexibility index (Phi) is 12.4. The molecule has 0 aliphatic heterocycles. The van der Waals surface area contributed by atoms with E-state index in [1.54, 1.807) is 0 Å². The van der Waals surface area contributed by atoms with E-state index in [1.807, 2.05) is 0 Å². The standard InChI is InChI=1S/C16H34OP/c1-4-7-9-11-13-15-18(17,6-3)16-14-12-10-8-5-2/h3-16H2,1-2H3. The van der Waals surface area contributed by atoms with Gasteiger partial charge in [0.15, 0.2) is 0 Å². The zero-order chi connectivity index (χ0) is 13.7. The lowest BCUT2D eigenvalue weighted by Crippen LogP contribution is -1.99. The fourth-order valence-corrected chi connectivity index (χ4v) is 4.61. The summed E-state index contributed by atoms with van der Waals surface area (Å²) in [6.07, 6.45) is 15.2. The summed E-state index contributed by atoms with van der Waals surface area (Å²) in [6, 6.07) is 0. The molecule has 109 valence electrons. The second kappa shape index (κ2) is 12.3. The molecule has 0 heterocycles. The van der Waals surface area contributed by atoms with Gasteiger partial charge in [0, 0.05) is 18.5 Å². The van der Waals surface area contributed by atoms with E-state index in [0.29, 0.717) is 6.16 Å². The second-order valence-corrected chi connectivity index (χ2v) is 9.02. The van der Waals surface area contributed by atoms with E-state index in [4.69, 9.17) is 0 Å². The van der Waals surface area contributed by atoms with Gasteiger partial charge in [0.1, 0.15) is 0 Å². The molecule has 0 N–H and O–H groups in total. The zero-order valence-electron chi connectivity index (χ0n) is 12.8. The lowest BCUT2D eigenvalue weighted by atomic mass is 10.2. The normalized spacial score (nSPS) is 11.9. The molecular weight excluding hydrogens is 239 g/mol. The average molecular weight is 273 g/mol. The Morgan fingerprint density at radius 1 is 0.722 bits per heavy atom. The lowest BCUT2D eigenvalue weighted by Gasteiger charge is -2.16. The second-order valence-electron chi connectivity index (χ2n) is 5.56. The number of hydrogen-bond donors (Lipinski definition) is 0. The molecule has 0 unspecified atom stereocenters. The summed E-state index contributed by atoms with van der Waals surface area (Å²) in [6.45, 7) is 8.39. The van der Waals surface area contributed by atoms with Crippen molar-refractivity contribution < 1.29 is 4.57 Å². The largest absolute Gasteiger partial charge is 0.324 e. The Balaban J connectivity index is 3.64. The third-order valence-corrected chi connectivity index (χ3v) is 6.82. The molecule has 0 saturated carbocycles. The van der Waals surface area contributed by atoms with Crippen molar-refractivity contribution in [3.8, 4) is 0 Å². The third kappa shape index (κ3) is 10.2. The molecule has 0 atom stereocenters. The van der Waals surface area contributed by atoms with Crippen LogP contribution in [0.25, 0.3) is 0 Å². The van der Waals surface area contributed by atoms with Gasteiger partial charge in [0.05, 0.1) is 7.14 Å². The summed E-state index contributed by atoms with van der Waals surface area (Å²) < 4.78 is 12.6. The van der Waals surface area contributed by atoms with E-state index in [-0.39, 0.29) is 0 Å². The van der Waals surface area contributed by atoms with Gasteiger partial charge in [-0.1, -0.05) is 65.2 Å². The first-order chi connectivity index (χ1) is 8.68.